The lowest BCUT2D eigenvalue weighted by atomic mass is 10.2. The van der Waals surface area contributed by atoms with Gasteiger partial charge < -0.3 is 21.1 Å². The summed E-state index contributed by atoms with van der Waals surface area (Å²) in [6.07, 6.45) is 1.52. The largest absolute Gasteiger partial charge is 0.436 e. The molecule has 0 unspecified atom stereocenters. The third kappa shape index (κ3) is 2.80. The number of anilines is 2. The van der Waals surface area contributed by atoms with Crippen LogP contribution in [0.3, 0.4) is 0 Å². The van der Waals surface area contributed by atoms with Crippen molar-refractivity contribution in [3.8, 4) is 11.6 Å². The number of nitrogens with two attached hydrogens (primary N) is 2. The summed E-state index contributed by atoms with van der Waals surface area (Å²) in [5.74, 6) is -0.0320. The maximum atomic E-state index is 11.3. The van der Waals surface area contributed by atoms with E-state index >= 15 is 0 Å². The van der Waals surface area contributed by atoms with Gasteiger partial charge in [0.1, 0.15) is 5.56 Å². The SMILES string of the molecule is CN(C)c1ccc(N)c(Oc2ncccc2C(N)=O)c1. The van der Waals surface area contributed by atoms with Gasteiger partial charge >= 0.3 is 0 Å². The van der Waals surface area contributed by atoms with Crippen molar-refractivity contribution >= 4 is 17.3 Å². The van der Waals surface area contributed by atoms with Crippen LogP contribution in [0.4, 0.5) is 11.4 Å². The summed E-state index contributed by atoms with van der Waals surface area (Å²) < 4.78 is 5.63. The molecular weight excluding hydrogens is 256 g/mol. The number of hydrogen-bond acceptors (Lipinski definition) is 5. The lowest BCUT2D eigenvalue weighted by Gasteiger charge is -2.15. The summed E-state index contributed by atoms with van der Waals surface area (Å²) in [6, 6.07) is 8.55. The van der Waals surface area contributed by atoms with Crippen molar-refractivity contribution in [2.24, 2.45) is 5.73 Å². The predicted octanol–water partition coefficient (Wildman–Crippen LogP) is 1.62. The molecule has 1 aromatic heterocycles. The van der Waals surface area contributed by atoms with Crippen molar-refractivity contribution < 1.29 is 9.53 Å². The zero-order valence-electron chi connectivity index (χ0n) is 11.3. The van der Waals surface area contributed by atoms with Gasteiger partial charge in [-0.15, -0.1) is 0 Å². The van der Waals surface area contributed by atoms with E-state index in [2.05, 4.69) is 4.98 Å². The standard InChI is InChI=1S/C14H16N4O2/c1-18(2)9-5-6-11(15)12(8-9)20-14-10(13(16)19)4-3-7-17-14/h3-8H,15H2,1-2H3,(H2,16,19). The molecule has 4 N–H and O–H groups in total. The summed E-state index contributed by atoms with van der Waals surface area (Å²) in [7, 11) is 3.82. The molecule has 0 spiro atoms. The van der Waals surface area contributed by atoms with Crippen molar-refractivity contribution in [3.63, 3.8) is 0 Å². The van der Waals surface area contributed by atoms with Crippen molar-refractivity contribution in [1.29, 1.82) is 0 Å². The first-order valence-corrected chi connectivity index (χ1v) is 5.98. The second-order valence-corrected chi connectivity index (χ2v) is 4.44. The summed E-state index contributed by atoms with van der Waals surface area (Å²) in [5, 5.41) is 0. The Morgan fingerprint density at radius 3 is 2.70 bits per heavy atom. The number of nitrogens with zero attached hydrogens (tertiary/aromatic N) is 2. The number of benzene rings is 1. The molecule has 6 heteroatoms. The third-order valence-electron chi connectivity index (χ3n) is 2.76. The summed E-state index contributed by atoms with van der Waals surface area (Å²) in [5.41, 5.74) is 12.7. The van der Waals surface area contributed by atoms with Crippen LogP contribution in [0.2, 0.25) is 0 Å². The van der Waals surface area contributed by atoms with Crippen LogP contribution in [-0.2, 0) is 0 Å². The summed E-state index contributed by atoms with van der Waals surface area (Å²) in [4.78, 5) is 17.3. The predicted molar refractivity (Wildman–Crippen MR) is 78.0 cm³/mol. The molecule has 6 nitrogen and oxygen atoms in total. The Morgan fingerprint density at radius 1 is 1.30 bits per heavy atom. The molecule has 0 aliphatic heterocycles. The minimum atomic E-state index is -0.601. The molecule has 2 aromatic rings. The summed E-state index contributed by atoms with van der Waals surface area (Å²) >= 11 is 0. The average molecular weight is 272 g/mol. The molecule has 0 saturated carbocycles. The van der Waals surface area contributed by atoms with Gasteiger partial charge in [-0.2, -0.15) is 0 Å². The molecular formula is C14H16N4O2. The van der Waals surface area contributed by atoms with Crippen molar-refractivity contribution in [3.05, 3.63) is 42.1 Å². The first-order chi connectivity index (χ1) is 9.49. The van der Waals surface area contributed by atoms with Gasteiger partial charge in [-0.3, -0.25) is 4.79 Å². The maximum absolute atomic E-state index is 11.3. The van der Waals surface area contributed by atoms with E-state index in [1.54, 1.807) is 24.3 Å². The molecule has 104 valence electrons. The molecule has 0 radical (unpaired) electrons. The fourth-order valence-corrected chi connectivity index (χ4v) is 1.65. The quantitative estimate of drug-likeness (QED) is 0.825. The smallest absolute Gasteiger partial charge is 0.254 e. The first-order valence-electron chi connectivity index (χ1n) is 5.98. The Bertz CT molecular complexity index is 641. The Balaban J connectivity index is 2.40. The number of primary amides is 1. The van der Waals surface area contributed by atoms with Crippen LogP contribution < -0.4 is 21.1 Å². The molecule has 0 atom stereocenters. The Morgan fingerprint density at radius 2 is 2.05 bits per heavy atom. The summed E-state index contributed by atoms with van der Waals surface area (Å²) in [6.45, 7) is 0. The van der Waals surface area contributed by atoms with E-state index in [-0.39, 0.29) is 11.4 Å². The lowest BCUT2D eigenvalue weighted by Crippen LogP contribution is -2.13. The van der Waals surface area contributed by atoms with Crippen LogP contribution in [-0.4, -0.2) is 25.0 Å². The van der Waals surface area contributed by atoms with E-state index in [1.165, 1.54) is 6.20 Å². The number of amides is 1. The highest BCUT2D eigenvalue weighted by Crippen LogP contribution is 2.31. The molecule has 0 aliphatic rings. The normalized spacial score (nSPS) is 10.1. The number of carbonyl (C=O) groups excluding carboxylic acids is 1. The van der Waals surface area contributed by atoms with E-state index in [1.807, 2.05) is 25.1 Å². The second kappa shape index (κ2) is 5.48. The van der Waals surface area contributed by atoms with Crippen LogP contribution >= 0.6 is 0 Å². The third-order valence-corrected chi connectivity index (χ3v) is 2.76. The molecule has 0 aliphatic carbocycles. The number of rotatable bonds is 4. The van der Waals surface area contributed by atoms with Gasteiger partial charge in [0, 0.05) is 32.0 Å². The number of ether oxygens (including phenoxy) is 1. The van der Waals surface area contributed by atoms with Gasteiger partial charge in [0.15, 0.2) is 5.75 Å². The fourth-order valence-electron chi connectivity index (χ4n) is 1.65. The number of pyridine rings is 1. The highest BCUT2D eigenvalue weighted by atomic mass is 16.5. The average Bonchev–Trinajstić information content (AvgIpc) is 2.41. The second-order valence-electron chi connectivity index (χ2n) is 4.44. The maximum Gasteiger partial charge on any atom is 0.254 e. The number of nitrogen functional groups attached to an aromatic ring is 1. The molecule has 0 fully saturated rings. The highest BCUT2D eigenvalue weighted by molar-refractivity contribution is 5.95. The van der Waals surface area contributed by atoms with E-state index in [0.717, 1.165) is 5.69 Å². The molecule has 0 bridgehead atoms. The highest BCUT2D eigenvalue weighted by Gasteiger charge is 2.13. The lowest BCUT2D eigenvalue weighted by molar-refractivity contribution is 0.0997. The van der Waals surface area contributed by atoms with E-state index in [0.29, 0.717) is 11.4 Å². The fraction of sp³-hybridized carbons (Fsp3) is 0.143. The van der Waals surface area contributed by atoms with Crippen molar-refractivity contribution in [2.45, 2.75) is 0 Å². The topological polar surface area (TPSA) is 94.5 Å². The van der Waals surface area contributed by atoms with E-state index in [9.17, 15) is 4.79 Å². The van der Waals surface area contributed by atoms with Crippen molar-refractivity contribution in [2.75, 3.05) is 24.7 Å². The Hall–Kier alpha value is -2.76. The molecule has 1 heterocycles. The van der Waals surface area contributed by atoms with Crippen LogP contribution in [0.15, 0.2) is 36.5 Å². The van der Waals surface area contributed by atoms with Gasteiger partial charge in [0.2, 0.25) is 5.88 Å². The zero-order chi connectivity index (χ0) is 14.7. The van der Waals surface area contributed by atoms with Crippen molar-refractivity contribution in [1.82, 2.24) is 4.98 Å². The van der Waals surface area contributed by atoms with E-state index in [4.69, 9.17) is 16.2 Å². The molecule has 0 saturated heterocycles. The molecule has 20 heavy (non-hydrogen) atoms. The Labute approximate surface area is 117 Å². The molecule has 2 rings (SSSR count). The van der Waals surface area contributed by atoms with Gasteiger partial charge in [0.05, 0.1) is 5.69 Å². The monoisotopic (exact) mass is 272 g/mol. The van der Waals surface area contributed by atoms with Crippen LogP contribution in [0, 0.1) is 0 Å². The minimum Gasteiger partial charge on any atom is -0.436 e. The van der Waals surface area contributed by atoms with Gasteiger partial charge in [-0.05, 0) is 24.3 Å². The van der Waals surface area contributed by atoms with E-state index < -0.39 is 5.91 Å². The number of aromatic nitrogens is 1. The first kappa shape index (κ1) is 13.7. The number of carbonyl (C=O) groups is 1. The van der Waals surface area contributed by atoms with Gasteiger partial charge in [-0.1, -0.05) is 0 Å². The van der Waals surface area contributed by atoms with Gasteiger partial charge in [0.25, 0.3) is 5.91 Å². The van der Waals surface area contributed by atoms with Crippen LogP contribution in [0.1, 0.15) is 10.4 Å². The van der Waals surface area contributed by atoms with Gasteiger partial charge in [-0.25, -0.2) is 4.98 Å². The minimum absolute atomic E-state index is 0.141. The number of hydrogen-bond donors (Lipinski definition) is 2. The molecule has 1 aromatic carbocycles. The van der Waals surface area contributed by atoms with Crippen LogP contribution in [0.5, 0.6) is 11.6 Å². The molecule has 1 amide bonds. The van der Waals surface area contributed by atoms with Crippen LogP contribution in [0.25, 0.3) is 0 Å². The Kier molecular flexibility index (Phi) is 3.74. The zero-order valence-corrected chi connectivity index (χ0v) is 11.3.